The Balaban J connectivity index is 1.65. The first-order chi connectivity index (χ1) is 14.8. The van der Waals surface area contributed by atoms with Crippen molar-refractivity contribution in [1.29, 1.82) is 0 Å². The molecule has 0 fully saturated rings. The monoisotopic (exact) mass is 403 g/mol. The van der Waals surface area contributed by atoms with E-state index in [9.17, 15) is 0 Å². The molecule has 0 aliphatic rings. The minimum Gasteiger partial charge on any atom is -0.354 e. The standard InChI is InChI=1S/C28H18ClN/c29-25-13-3-1-10-21(25)19-8-5-9-20(17-19)22-12-6-7-18-15-16-24-23-11-2-4-14-26(23)30-28(24)27(18)22/h1-17,30H. The van der Waals surface area contributed by atoms with E-state index in [4.69, 9.17) is 11.6 Å². The SMILES string of the molecule is Clc1ccccc1-c1cccc(-c2cccc3ccc4c5ccccc5[nH]c4c23)c1. The molecule has 0 spiro atoms. The molecule has 1 aromatic heterocycles. The summed E-state index contributed by atoms with van der Waals surface area (Å²) < 4.78 is 0. The summed E-state index contributed by atoms with van der Waals surface area (Å²) in [6, 6.07) is 36.1. The van der Waals surface area contributed by atoms with Crippen LogP contribution in [0.3, 0.4) is 0 Å². The molecule has 0 aliphatic carbocycles. The molecular formula is C28H18ClN. The Morgan fingerprint density at radius 2 is 1.30 bits per heavy atom. The van der Waals surface area contributed by atoms with Crippen molar-refractivity contribution in [2.24, 2.45) is 0 Å². The minimum absolute atomic E-state index is 0.769. The first kappa shape index (κ1) is 17.3. The maximum atomic E-state index is 6.47. The Hall–Kier alpha value is -3.55. The van der Waals surface area contributed by atoms with Gasteiger partial charge in [0.2, 0.25) is 0 Å². The van der Waals surface area contributed by atoms with Gasteiger partial charge in [-0.3, -0.25) is 0 Å². The van der Waals surface area contributed by atoms with E-state index in [1.807, 2.05) is 18.2 Å². The molecule has 0 aliphatic heterocycles. The van der Waals surface area contributed by atoms with Gasteiger partial charge in [-0.25, -0.2) is 0 Å². The quantitative estimate of drug-likeness (QED) is 0.298. The summed E-state index contributed by atoms with van der Waals surface area (Å²) in [7, 11) is 0. The normalized spacial score (nSPS) is 11.5. The van der Waals surface area contributed by atoms with Crippen LogP contribution in [0.15, 0.2) is 103 Å². The maximum absolute atomic E-state index is 6.47. The van der Waals surface area contributed by atoms with Gasteiger partial charge in [0.15, 0.2) is 0 Å². The number of aromatic nitrogens is 1. The van der Waals surface area contributed by atoms with E-state index >= 15 is 0 Å². The van der Waals surface area contributed by atoms with Crippen LogP contribution in [0, 0.1) is 0 Å². The van der Waals surface area contributed by atoms with E-state index in [0.29, 0.717) is 0 Å². The van der Waals surface area contributed by atoms with Gasteiger partial charge < -0.3 is 4.98 Å². The summed E-state index contributed by atoms with van der Waals surface area (Å²) in [5, 5.41) is 5.77. The third kappa shape index (κ3) is 2.63. The lowest BCUT2D eigenvalue weighted by molar-refractivity contribution is 1.56. The molecule has 1 nitrogen and oxygen atoms in total. The van der Waals surface area contributed by atoms with E-state index < -0.39 is 0 Å². The van der Waals surface area contributed by atoms with Crippen molar-refractivity contribution >= 4 is 44.2 Å². The highest BCUT2D eigenvalue weighted by Gasteiger charge is 2.12. The summed E-state index contributed by atoms with van der Waals surface area (Å²) >= 11 is 6.47. The molecule has 0 saturated heterocycles. The Morgan fingerprint density at radius 3 is 2.20 bits per heavy atom. The lowest BCUT2D eigenvalue weighted by Gasteiger charge is -2.11. The second-order valence-electron chi connectivity index (χ2n) is 7.62. The molecule has 6 rings (SSSR count). The summed E-state index contributed by atoms with van der Waals surface area (Å²) in [4.78, 5) is 3.67. The average molecular weight is 404 g/mol. The fraction of sp³-hybridized carbons (Fsp3) is 0. The molecule has 2 heteroatoms. The highest BCUT2D eigenvalue weighted by molar-refractivity contribution is 6.33. The predicted octanol–water partition coefficient (Wildman–Crippen LogP) is 8.46. The molecule has 6 aromatic rings. The van der Waals surface area contributed by atoms with Gasteiger partial charge in [0.25, 0.3) is 0 Å². The van der Waals surface area contributed by atoms with Crippen molar-refractivity contribution in [1.82, 2.24) is 4.98 Å². The summed E-state index contributed by atoms with van der Waals surface area (Å²) in [5.41, 5.74) is 6.94. The maximum Gasteiger partial charge on any atom is 0.0550 e. The fourth-order valence-electron chi connectivity index (χ4n) is 4.49. The number of halogens is 1. The van der Waals surface area contributed by atoms with E-state index in [0.717, 1.165) is 16.1 Å². The van der Waals surface area contributed by atoms with Crippen LogP contribution in [0.2, 0.25) is 5.02 Å². The zero-order valence-electron chi connectivity index (χ0n) is 16.2. The van der Waals surface area contributed by atoms with Gasteiger partial charge in [-0.15, -0.1) is 0 Å². The summed E-state index contributed by atoms with van der Waals surface area (Å²) in [6.07, 6.45) is 0. The molecular weight excluding hydrogens is 386 g/mol. The number of hydrogen-bond donors (Lipinski definition) is 1. The van der Waals surface area contributed by atoms with Crippen LogP contribution in [-0.4, -0.2) is 4.98 Å². The number of aromatic amines is 1. The van der Waals surface area contributed by atoms with Gasteiger partial charge in [0, 0.05) is 32.3 Å². The van der Waals surface area contributed by atoms with Gasteiger partial charge in [-0.2, -0.15) is 0 Å². The van der Waals surface area contributed by atoms with Gasteiger partial charge >= 0.3 is 0 Å². The number of H-pyrrole nitrogens is 1. The molecule has 142 valence electrons. The van der Waals surface area contributed by atoms with Crippen molar-refractivity contribution in [2.45, 2.75) is 0 Å². The van der Waals surface area contributed by atoms with Crippen LogP contribution in [0.5, 0.6) is 0 Å². The number of fused-ring (bicyclic) bond motifs is 5. The Kier molecular flexibility index (Phi) is 3.90. The number of benzene rings is 5. The molecule has 1 N–H and O–H groups in total. The van der Waals surface area contributed by atoms with Gasteiger partial charge in [0.05, 0.1) is 5.52 Å². The zero-order valence-corrected chi connectivity index (χ0v) is 16.9. The van der Waals surface area contributed by atoms with E-state index in [1.165, 1.54) is 43.7 Å². The van der Waals surface area contributed by atoms with Crippen LogP contribution in [0.1, 0.15) is 0 Å². The second-order valence-corrected chi connectivity index (χ2v) is 8.03. The van der Waals surface area contributed by atoms with Gasteiger partial charge in [-0.1, -0.05) is 96.5 Å². The van der Waals surface area contributed by atoms with Crippen LogP contribution >= 0.6 is 11.6 Å². The van der Waals surface area contributed by atoms with E-state index in [1.54, 1.807) is 0 Å². The van der Waals surface area contributed by atoms with Crippen molar-refractivity contribution in [3.63, 3.8) is 0 Å². The van der Waals surface area contributed by atoms with Crippen LogP contribution in [0.25, 0.3) is 54.8 Å². The topological polar surface area (TPSA) is 15.8 Å². The van der Waals surface area contributed by atoms with E-state index in [-0.39, 0.29) is 0 Å². The molecule has 0 atom stereocenters. The fourth-order valence-corrected chi connectivity index (χ4v) is 4.73. The average Bonchev–Trinajstić information content (AvgIpc) is 3.18. The minimum atomic E-state index is 0.769. The smallest absolute Gasteiger partial charge is 0.0550 e. The second kappa shape index (κ2) is 6.76. The third-order valence-corrected chi connectivity index (χ3v) is 6.21. The van der Waals surface area contributed by atoms with E-state index in [2.05, 4.69) is 89.9 Å². The summed E-state index contributed by atoms with van der Waals surface area (Å²) in [6.45, 7) is 0. The highest BCUT2D eigenvalue weighted by Crippen LogP contribution is 2.38. The lowest BCUT2D eigenvalue weighted by atomic mass is 9.94. The first-order valence-corrected chi connectivity index (χ1v) is 10.4. The predicted molar refractivity (Wildman–Crippen MR) is 129 cm³/mol. The molecule has 1 heterocycles. The van der Waals surface area contributed by atoms with Gasteiger partial charge in [0.1, 0.15) is 0 Å². The Labute approximate surface area is 179 Å². The Bertz CT molecular complexity index is 1560. The van der Waals surface area contributed by atoms with Crippen molar-refractivity contribution < 1.29 is 0 Å². The Morgan fingerprint density at radius 1 is 0.567 bits per heavy atom. The zero-order chi connectivity index (χ0) is 20.1. The third-order valence-electron chi connectivity index (χ3n) is 5.88. The van der Waals surface area contributed by atoms with Crippen LogP contribution < -0.4 is 0 Å². The molecule has 0 bridgehead atoms. The molecule has 30 heavy (non-hydrogen) atoms. The van der Waals surface area contributed by atoms with Gasteiger partial charge in [-0.05, 0) is 40.3 Å². The molecule has 5 aromatic carbocycles. The lowest BCUT2D eigenvalue weighted by Crippen LogP contribution is -1.85. The molecule has 0 radical (unpaired) electrons. The largest absolute Gasteiger partial charge is 0.354 e. The number of nitrogens with one attached hydrogen (secondary N) is 1. The van der Waals surface area contributed by atoms with Crippen LogP contribution in [0.4, 0.5) is 0 Å². The van der Waals surface area contributed by atoms with Crippen LogP contribution in [-0.2, 0) is 0 Å². The first-order valence-electron chi connectivity index (χ1n) is 10.1. The highest BCUT2D eigenvalue weighted by atomic mass is 35.5. The number of para-hydroxylation sites is 1. The van der Waals surface area contributed by atoms with Crippen molar-refractivity contribution in [2.75, 3.05) is 0 Å². The van der Waals surface area contributed by atoms with Crippen molar-refractivity contribution in [3.05, 3.63) is 108 Å². The number of rotatable bonds is 2. The summed E-state index contributed by atoms with van der Waals surface area (Å²) in [5.74, 6) is 0. The molecule has 0 saturated carbocycles. The van der Waals surface area contributed by atoms with Crippen molar-refractivity contribution in [3.8, 4) is 22.3 Å². The molecule has 0 amide bonds. The number of hydrogen-bond acceptors (Lipinski definition) is 0. The molecule has 0 unspecified atom stereocenters.